The van der Waals surface area contributed by atoms with Crippen LogP contribution in [-0.2, 0) is 11.3 Å². The van der Waals surface area contributed by atoms with Gasteiger partial charge in [0.1, 0.15) is 0 Å². The fourth-order valence-electron chi connectivity index (χ4n) is 2.32. The van der Waals surface area contributed by atoms with Gasteiger partial charge in [-0.1, -0.05) is 28.9 Å². The first kappa shape index (κ1) is 16.9. The van der Waals surface area contributed by atoms with Crippen molar-refractivity contribution in [3.05, 3.63) is 71.4 Å². The van der Waals surface area contributed by atoms with Crippen LogP contribution in [-0.4, -0.2) is 26.3 Å². The van der Waals surface area contributed by atoms with Gasteiger partial charge in [0, 0.05) is 16.1 Å². The maximum Gasteiger partial charge on any atom is 0.338 e. The van der Waals surface area contributed by atoms with E-state index in [1.807, 2.05) is 0 Å². The number of aromatic nitrogens is 4. The Kier molecular flexibility index (Phi) is 4.63. The smallest absolute Gasteiger partial charge is 0.338 e. The summed E-state index contributed by atoms with van der Waals surface area (Å²) in [5.74, 6) is 0.400. The Labute approximate surface area is 157 Å². The summed E-state index contributed by atoms with van der Waals surface area (Å²) < 4.78 is 15.4. The highest BCUT2D eigenvalue weighted by Gasteiger charge is 2.13. The van der Waals surface area contributed by atoms with Crippen LogP contribution in [0.3, 0.4) is 0 Å². The van der Waals surface area contributed by atoms with Gasteiger partial charge in [-0.3, -0.25) is 0 Å². The van der Waals surface area contributed by atoms with Gasteiger partial charge in [0.15, 0.2) is 6.61 Å². The molecule has 0 atom stereocenters. The third kappa shape index (κ3) is 3.85. The molecule has 0 aliphatic carbocycles. The van der Waals surface area contributed by atoms with Crippen LogP contribution in [0, 0.1) is 0 Å². The number of benzene rings is 2. The molecular formula is C18H11ClN4O4. The quantitative estimate of drug-likeness (QED) is 0.480. The summed E-state index contributed by atoms with van der Waals surface area (Å²) in [5.41, 5.74) is 1.78. The summed E-state index contributed by atoms with van der Waals surface area (Å²) in [6.07, 6.45) is 1.24. The van der Waals surface area contributed by atoms with Gasteiger partial charge in [0.25, 0.3) is 5.89 Å². The number of carbonyl (C=O) groups is 1. The van der Waals surface area contributed by atoms with Crippen LogP contribution in [0.5, 0.6) is 0 Å². The molecule has 0 aliphatic rings. The Hall–Kier alpha value is -3.52. The van der Waals surface area contributed by atoms with Crippen LogP contribution in [0.15, 0.2) is 63.9 Å². The third-order valence-corrected chi connectivity index (χ3v) is 3.84. The highest BCUT2D eigenvalue weighted by Crippen LogP contribution is 2.20. The predicted octanol–water partition coefficient (Wildman–Crippen LogP) is 3.80. The van der Waals surface area contributed by atoms with Crippen LogP contribution >= 0.6 is 11.6 Å². The van der Waals surface area contributed by atoms with Gasteiger partial charge in [0.05, 0.1) is 5.56 Å². The molecular weight excluding hydrogens is 372 g/mol. The second-order valence-corrected chi connectivity index (χ2v) is 5.86. The summed E-state index contributed by atoms with van der Waals surface area (Å²) >= 11 is 5.95. The average molecular weight is 383 g/mol. The van der Waals surface area contributed by atoms with Crippen molar-refractivity contribution in [2.75, 3.05) is 0 Å². The zero-order valence-corrected chi connectivity index (χ0v) is 14.5. The lowest BCUT2D eigenvalue weighted by Crippen LogP contribution is -2.05. The fourth-order valence-corrected chi connectivity index (χ4v) is 2.51. The fraction of sp³-hybridized carbons (Fsp3) is 0.0556. The van der Waals surface area contributed by atoms with Crippen LogP contribution in [0.2, 0.25) is 5.02 Å². The molecule has 27 heavy (non-hydrogen) atoms. The van der Waals surface area contributed by atoms with E-state index < -0.39 is 5.97 Å². The lowest BCUT2D eigenvalue weighted by atomic mass is 10.1. The Morgan fingerprint density at radius 1 is 1.11 bits per heavy atom. The minimum absolute atomic E-state index is 0.141. The topological polar surface area (TPSA) is 104 Å². The first-order chi connectivity index (χ1) is 13.2. The number of hydrogen-bond donors (Lipinski definition) is 0. The minimum Gasteiger partial charge on any atom is -0.452 e. The summed E-state index contributed by atoms with van der Waals surface area (Å²) in [6, 6.07) is 13.6. The van der Waals surface area contributed by atoms with E-state index in [1.165, 1.54) is 6.39 Å². The van der Waals surface area contributed by atoms with Crippen molar-refractivity contribution in [2.24, 2.45) is 0 Å². The molecule has 0 unspecified atom stereocenters. The molecule has 0 aliphatic heterocycles. The largest absolute Gasteiger partial charge is 0.452 e. The first-order valence-corrected chi connectivity index (χ1v) is 8.19. The maximum absolute atomic E-state index is 12.2. The number of ether oxygens (including phenoxy) is 1. The number of nitrogens with zero attached hydrogens (tertiary/aromatic N) is 4. The molecule has 0 saturated carbocycles. The summed E-state index contributed by atoms with van der Waals surface area (Å²) in [4.78, 5) is 16.4. The Morgan fingerprint density at radius 3 is 2.70 bits per heavy atom. The average Bonchev–Trinajstić information content (AvgIpc) is 3.38. The molecule has 8 nitrogen and oxygen atoms in total. The van der Waals surface area contributed by atoms with Crippen LogP contribution in [0.1, 0.15) is 16.2 Å². The lowest BCUT2D eigenvalue weighted by Gasteiger charge is -2.02. The zero-order chi connectivity index (χ0) is 18.6. The summed E-state index contributed by atoms with van der Waals surface area (Å²) in [6.45, 7) is -0.141. The van der Waals surface area contributed by atoms with Crippen molar-refractivity contribution in [1.82, 2.24) is 20.3 Å². The molecule has 0 saturated heterocycles. The second-order valence-electron chi connectivity index (χ2n) is 5.42. The van der Waals surface area contributed by atoms with E-state index in [2.05, 4.69) is 20.3 Å². The molecule has 134 valence electrons. The van der Waals surface area contributed by atoms with E-state index in [9.17, 15) is 4.79 Å². The third-order valence-electron chi connectivity index (χ3n) is 3.61. The molecule has 2 aromatic heterocycles. The first-order valence-electron chi connectivity index (χ1n) is 7.81. The van der Waals surface area contributed by atoms with Crippen molar-refractivity contribution in [3.8, 4) is 22.8 Å². The monoisotopic (exact) mass is 382 g/mol. The number of esters is 1. The summed E-state index contributed by atoms with van der Waals surface area (Å²) in [7, 11) is 0. The van der Waals surface area contributed by atoms with Crippen molar-refractivity contribution in [3.63, 3.8) is 0 Å². The molecule has 2 aromatic carbocycles. The SMILES string of the molecule is O=C(OCc1nc(-c2cccc(Cl)c2)no1)c1ccc(-c2nnco2)cc1. The molecule has 4 rings (SSSR count). The van der Waals surface area contributed by atoms with Gasteiger partial charge in [-0.25, -0.2) is 4.79 Å². The van der Waals surface area contributed by atoms with Gasteiger partial charge in [-0.05, 0) is 36.4 Å². The summed E-state index contributed by atoms with van der Waals surface area (Å²) in [5, 5.41) is 11.8. The Bertz CT molecular complexity index is 1060. The van der Waals surface area contributed by atoms with Crippen LogP contribution in [0.4, 0.5) is 0 Å². The normalized spacial score (nSPS) is 10.7. The lowest BCUT2D eigenvalue weighted by molar-refractivity contribution is 0.0430. The molecule has 2 heterocycles. The number of halogens is 1. The number of carbonyl (C=O) groups excluding carboxylic acids is 1. The van der Waals surface area contributed by atoms with E-state index in [-0.39, 0.29) is 12.5 Å². The van der Waals surface area contributed by atoms with Crippen LogP contribution in [0.25, 0.3) is 22.8 Å². The molecule has 9 heteroatoms. The molecule has 0 N–H and O–H groups in total. The van der Waals surface area contributed by atoms with Crippen molar-refractivity contribution in [1.29, 1.82) is 0 Å². The van der Waals surface area contributed by atoms with Gasteiger partial charge in [-0.2, -0.15) is 4.98 Å². The highest BCUT2D eigenvalue weighted by molar-refractivity contribution is 6.30. The van der Waals surface area contributed by atoms with E-state index in [0.717, 1.165) is 0 Å². The van der Waals surface area contributed by atoms with Gasteiger partial charge < -0.3 is 13.7 Å². The van der Waals surface area contributed by atoms with E-state index in [0.29, 0.717) is 33.4 Å². The minimum atomic E-state index is -0.519. The standard InChI is InChI=1S/C18H11ClN4O4/c19-14-3-1-2-13(8-14)16-21-15(27-23-16)9-25-18(24)12-6-4-11(5-7-12)17-22-20-10-26-17/h1-8,10H,9H2. The Balaban J connectivity index is 1.39. The molecule has 4 aromatic rings. The highest BCUT2D eigenvalue weighted by atomic mass is 35.5. The predicted molar refractivity (Wildman–Crippen MR) is 93.6 cm³/mol. The van der Waals surface area contributed by atoms with E-state index >= 15 is 0 Å². The van der Waals surface area contributed by atoms with Crippen LogP contribution < -0.4 is 0 Å². The molecule has 0 amide bonds. The molecule has 0 spiro atoms. The van der Waals surface area contributed by atoms with E-state index in [1.54, 1.807) is 48.5 Å². The molecule has 0 fully saturated rings. The van der Waals surface area contributed by atoms with Gasteiger partial charge in [0.2, 0.25) is 18.1 Å². The van der Waals surface area contributed by atoms with E-state index in [4.69, 9.17) is 25.3 Å². The number of hydrogen-bond acceptors (Lipinski definition) is 8. The molecule has 0 radical (unpaired) electrons. The second kappa shape index (κ2) is 7.38. The van der Waals surface area contributed by atoms with Crippen molar-refractivity contribution >= 4 is 17.6 Å². The zero-order valence-electron chi connectivity index (χ0n) is 13.7. The van der Waals surface area contributed by atoms with Crippen molar-refractivity contribution < 1.29 is 18.5 Å². The Morgan fingerprint density at radius 2 is 1.96 bits per heavy atom. The van der Waals surface area contributed by atoms with Gasteiger partial charge in [-0.15, -0.1) is 10.2 Å². The van der Waals surface area contributed by atoms with Crippen molar-refractivity contribution in [2.45, 2.75) is 6.61 Å². The molecule has 0 bridgehead atoms. The van der Waals surface area contributed by atoms with Gasteiger partial charge >= 0.3 is 5.97 Å². The number of rotatable bonds is 5. The maximum atomic E-state index is 12.2.